The number of anilines is 4. The number of rotatable bonds is 12. The molecule has 0 saturated heterocycles. The molecular formula is C74H75N4OPt-3. The molecule has 1 aliphatic heterocycles. The predicted molar refractivity (Wildman–Crippen MR) is 332 cm³/mol. The van der Waals surface area contributed by atoms with Crippen LogP contribution in [-0.2, 0) is 42.7 Å². The van der Waals surface area contributed by atoms with E-state index in [0.29, 0.717) is 11.5 Å². The summed E-state index contributed by atoms with van der Waals surface area (Å²) in [7, 11) is 0. The Morgan fingerprint density at radius 2 is 1.06 bits per heavy atom. The largest absolute Gasteiger partial charge is 0.509 e. The van der Waals surface area contributed by atoms with Gasteiger partial charge in [-0.15, -0.1) is 53.6 Å². The summed E-state index contributed by atoms with van der Waals surface area (Å²) in [5, 5.41) is 2.20. The van der Waals surface area contributed by atoms with Gasteiger partial charge in [-0.3, -0.25) is 0 Å². The van der Waals surface area contributed by atoms with Gasteiger partial charge in [0, 0.05) is 72.2 Å². The van der Waals surface area contributed by atoms with E-state index in [4.69, 9.17) is 9.72 Å². The second-order valence-electron chi connectivity index (χ2n) is 25.5. The van der Waals surface area contributed by atoms with Gasteiger partial charge in [-0.05, 0) is 121 Å². The van der Waals surface area contributed by atoms with E-state index in [1.165, 1.54) is 50.1 Å². The fourth-order valence-electron chi connectivity index (χ4n) is 11.6. The van der Waals surface area contributed by atoms with Gasteiger partial charge in [0.1, 0.15) is 5.82 Å². The van der Waals surface area contributed by atoms with Crippen molar-refractivity contribution in [3.05, 3.63) is 245 Å². The van der Waals surface area contributed by atoms with E-state index in [9.17, 15) is 0 Å². The van der Waals surface area contributed by atoms with Crippen molar-refractivity contribution in [2.24, 2.45) is 0 Å². The Hall–Kier alpha value is -7.20. The molecule has 0 aliphatic carbocycles. The van der Waals surface area contributed by atoms with Crippen molar-refractivity contribution in [2.45, 2.75) is 130 Å². The molecule has 0 bridgehead atoms. The third-order valence-electron chi connectivity index (χ3n) is 16.6. The van der Waals surface area contributed by atoms with E-state index in [-0.39, 0.29) is 54.6 Å². The van der Waals surface area contributed by atoms with E-state index < -0.39 is 0 Å². The molecule has 1 aliphatic rings. The quantitative estimate of drug-likeness (QED) is 0.114. The van der Waals surface area contributed by atoms with Crippen LogP contribution in [0.3, 0.4) is 0 Å². The summed E-state index contributed by atoms with van der Waals surface area (Å²) in [6, 6.07) is 72.0. The van der Waals surface area contributed by atoms with Crippen molar-refractivity contribution < 1.29 is 25.8 Å². The topological polar surface area (TPSA) is 33.5 Å². The summed E-state index contributed by atoms with van der Waals surface area (Å²) < 4.78 is 9.50. The number of hydrogen-bond acceptors (Lipinski definition) is 4. The Morgan fingerprint density at radius 3 is 1.69 bits per heavy atom. The Labute approximate surface area is 491 Å². The summed E-state index contributed by atoms with van der Waals surface area (Å²) in [6.07, 6.45) is 1.95. The Bertz CT molecular complexity index is 3860. The Balaban J connectivity index is 0.00000720. The second kappa shape index (κ2) is 21.4. The molecule has 0 amide bonds. The standard InChI is InChI=1S/C74H75N4O.Pt/c1-48(2)61-29-22-30-62(49(3)4)70(61)50-39-58(77-47-76(57-28-21-27-53(41-57)71(5,6)7)68-43-54(72(8,9)10)31-36-66(68)77)45-60(40-50)79-59-33-34-63-64-42-55(73(11,12)51-23-17-15-18-24-51)32-35-65(64)78(67(63)46-59)69-44-56(37-38-75-69)74(13,14)52-25-19-16-20-26-52;/h15-44,47-49H,1-14H3;/q-3;. The normalized spacial score (nSPS) is 13.2. The van der Waals surface area contributed by atoms with E-state index in [1.54, 1.807) is 0 Å². The summed E-state index contributed by atoms with van der Waals surface area (Å²) >= 11 is 0. The second-order valence-corrected chi connectivity index (χ2v) is 25.5. The maximum Gasteiger partial charge on any atom is 0.135 e. The average molecular weight is 1230 g/mol. The number of aromatic nitrogens is 2. The summed E-state index contributed by atoms with van der Waals surface area (Å²) in [4.78, 5) is 9.77. The number of benzene rings is 8. The summed E-state index contributed by atoms with van der Waals surface area (Å²) in [5.41, 5.74) is 17.9. The average Bonchev–Trinajstić information content (AvgIpc) is 4.04. The molecule has 0 N–H and O–H groups in total. The van der Waals surface area contributed by atoms with Gasteiger partial charge in [0.25, 0.3) is 0 Å². The van der Waals surface area contributed by atoms with Crippen LogP contribution >= 0.6 is 0 Å². The maximum atomic E-state index is 7.23. The van der Waals surface area contributed by atoms with Gasteiger partial charge in [0.15, 0.2) is 0 Å². The molecule has 0 unspecified atom stereocenters. The van der Waals surface area contributed by atoms with Crippen molar-refractivity contribution in [2.75, 3.05) is 9.80 Å². The van der Waals surface area contributed by atoms with Crippen molar-refractivity contribution >= 4 is 44.6 Å². The van der Waals surface area contributed by atoms with Gasteiger partial charge in [-0.25, -0.2) is 4.98 Å². The van der Waals surface area contributed by atoms with E-state index >= 15 is 0 Å². The molecule has 0 atom stereocenters. The van der Waals surface area contributed by atoms with Gasteiger partial charge in [-0.2, -0.15) is 6.07 Å². The van der Waals surface area contributed by atoms with Crippen LogP contribution in [0.5, 0.6) is 11.5 Å². The molecule has 0 saturated carbocycles. The maximum absolute atomic E-state index is 7.23. The van der Waals surface area contributed by atoms with Crippen LogP contribution in [0.2, 0.25) is 0 Å². The molecule has 8 aromatic carbocycles. The molecule has 3 heterocycles. The fraction of sp³-hybridized carbons (Fsp3) is 0.270. The van der Waals surface area contributed by atoms with E-state index in [2.05, 4.69) is 306 Å². The molecule has 6 heteroatoms. The fourth-order valence-corrected chi connectivity index (χ4v) is 11.6. The first-order chi connectivity index (χ1) is 37.6. The summed E-state index contributed by atoms with van der Waals surface area (Å²) in [6.45, 7) is 34.3. The minimum atomic E-state index is -0.277. The van der Waals surface area contributed by atoms with E-state index in [0.717, 1.165) is 55.9 Å². The summed E-state index contributed by atoms with van der Waals surface area (Å²) in [5.74, 6) is 2.58. The third-order valence-corrected chi connectivity index (χ3v) is 16.6. The molecule has 0 radical (unpaired) electrons. The zero-order valence-corrected chi connectivity index (χ0v) is 51.3. The van der Waals surface area contributed by atoms with Gasteiger partial charge in [0.05, 0.1) is 0 Å². The molecular weight excluding hydrogens is 1160 g/mol. The van der Waals surface area contributed by atoms with Crippen molar-refractivity contribution in [3.8, 4) is 28.4 Å². The zero-order valence-electron chi connectivity index (χ0n) is 49.1. The van der Waals surface area contributed by atoms with Gasteiger partial charge >= 0.3 is 0 Å². The van der Waals surface area contributed by atoms with Crippen LogP contribution in [-0.4, -0.2) is 9.55 Å². The molecule has 0 spiro atoms. The first-order valence-electron chi connectivity index (χ1n) is 28.2. The molecule has 5 nitrogen and oxygen atoms in total. The van der Waals surface area contributed by atoms with Crippen LogP contribution in [0.25, 0.3) is 38.8 Å². The molecule has 2 aromatic heterocycles. The van der Waals surface area contributed by atoms with Crippen LogP contribution in [0, 0.1) is 18.8 Å². The van der Waals surface area contributed by atoms with Gasteiger partial charge < -0.3 is 19.1 Å². The van der Waals surface area contributed by atoms with Gasteiger partial charge in [0.2, 0.25) is 0 Å². The molecule has 80 heavy (non-hydrogen) atoms. The minimum Gasteiger partial charge on any atom is -0.509 e. The van der Waals surface area contributed by atoms with Crippen LogP contribution < -0.4 is 14.5 Å². The number of pyridine rings is 1. The monoisotopic (exact) mass is 1230 g/mol. The minimum absolute atomic E-state index is 0. The molecule has 10 aromatic rings. The molecule has 11 rings (SSSR count). The molecule has 410 valence electrons. The van der Waals surface area contributed by atoms with Crippen LogP contribution in [0.1, 0.15) is 153 Å². The van der Waals surface area contributed by atoms with Crippen molar-refractivity contribution in [1.29, 1.82) is 0 Å². The first kappa shape index (κ1) is 56.1. The number of nitrogens with zero attached hydrogens (tertiary/aromatic N) is 4. The predicted octanol–water partition coefficient (Wildman–Crippen LogP) is 20.1. The Morgan fingerprint density at radius 1 is 0.475 bits per heavy atom. The number of ether oxygens (including phenoxy) is 1. The zero-order chi connectivity index (χ0) is 55.8. The SMILES string of the molecule is CC(C)c1cccc(C(C)C)c1-c1cc(Oc2[c-]c3c(cc2)c2cc(C(C)(C)c4ccccc4)ccc2n3-c2cc(C(C)(C)c3ccccc3)ccn2)[c-]c(N2[CH-]N(c3cccc(C(C)(C)C)c3)c3cc(C(C)(C)C)ccc32)c1.[Pt]. The smallest absolute Gasteiger partial charge is 0.135 e. The molecule has 0 fully saturated rings. The third kappa shape index (κ3) is 10.4. The van der Waals surface area contributed by atoms with E-state index in [1.807, 2.05) is 6.20 Å². The number of fused-ring (bicyclic) bond motifs is 4. The van der Waals surface area contributed by atoms with Crippen molar-refractivity contribution in [3.63, 3.8) is 0 Å². The number of hydrogen-bond donors (Lipinski definition) is 0. The Kier molecular flexibility index (Phi) is 15.0. The van der Waals surface area contributed by atoms with Crippen LogP contribution in [0.4, 0.5) is 22.7 Å². The van der Waals surface area contributed by atoms with Crippen molar-refractivity contribution in [1.82, 2.24) is 9.55 Å². The first-order valence-corrected chi connectivity index (χ1v) is 28.2. The van der Waals surface area contributed by atoms with Crippen LogP contribution in [0.15, 0.2) is 182 Å². The van der Waals surface area contributed by atoms with Gasteiger partial charge in [-0.1, -0.05) is 212 Å².